The summed E-state index contributed by atoms with van der Waals surface area (Å²) >= 11 is 6.23. The van der Waals surface area contributed by atoms with E-state index in [1.54, 1.807) is 18.2 Å². The quantitative estimate of drug-likeness (QED) is 0.597. The first kappa shape index (κ1) is 24.9. The molecular weight excluding hydrogens is 474 g/mol. The Hall–Kier alpha value is -2.75. The van der Waals surface area contributed by atoms with Crippen LogP contribution in [0.15, 0.2) is 36.4 Å². The normalized spacial score (nSPS) is 24.8. The summed E-state index contributed by atoms with van der Waals surface area (Å²) < 4.78 is 6.42. The van der Waals surface area contributed by atoms with Crippen molar-refractivity contribution in [3.63, 3.8) is 0 Å². The predicted octanol–water partition coefficient (Wildman–Crippen LogP) is 5.26. The maximum absolute atomic E-state index is 13.6. The molecule has 0 aromatic heterocycles. The standard InChI is InChI=1S/C29H34ClN3O3/c1-28(2)26(29(3,4)27(28)36-22-7-5-19(15-31)24(30)14-22)33-16-20-13-21(6-8-23(20)25(33)35)32-11-9-18(17-34)10-12-32/h5-8,13-14,18,26-27,34H,9-12,16-17H2,1-4H3/t26-,27-. The Morgan fingerprint density at radius 3 is 2.42 bits per heavy atom. The Morgan fingerprint density at radius 1 is 1.11 bits per heavy atom. The molecule has 1 saturated heterocycles. The second-order valence-electron chi connectivity index (χ2n) is 11.7. The van der Waals surface area contributed by atoms with E-state index >= 15 is 0 Å². The Kier molecular flexibility index (Phi) is 6.21. The summed E-state index contributed by atoms with van der Waals surface area (Å²) in [4.78, 5) is 17.9. The van der Waals surface area contributed by atoms with Gasteiger partial charge in [-0.25, -0.2) is 0 Å². The number of hydrogen-bond acceptors (Lipinski definition) is 5. The lowest BCUT2D eigenvalue weighted by Crippen LogP contribution is -2.74. The smallest absolute Gasteiger partial charge is 0.254 e. The van der Waals surface area contributed by atoms with Gasteiger partial charge in [-0.1, -0.05) is 39.3 Å². The number of ether oxygens (including phenoxy) is 1. The molecule has 1 aliphatic carbocycles. The zero-order valence-corrected chi connectivity index (χ0v) is 22.2. The molecule has 36 heavy (non-hydrogen) atoms. The molecule has 2 fully saturated rings. The predicted molar refractivity (Wildman–Crippen MR) is 140 cm³/mol. The van der Waals surface area contributed by atoms with Crippen molar-refractivity contribution in [1.82, 2.24) is 4.90 Å². The van der Waals surface area contributed by atoms with Crippen LogP contribution in [0.2, 0.25) is 5.02 Å². The molecule has 3 aliphatic rings. The summed E-state index contributed by atoms with van der Waals surface area (Å²) in [7, 11) is 0. The zero-order valence-electron chi connectivity index (χ0n) is 21.4. The molecule has 1 N–H and O–H groups in total. The van der Waals surface area contributed by atoms with Crippen LogP contribution < -0.4 is 9.64 Å². The van der Waals surface area contributed by atoms with Crippen molar-refractivity contribution in [2.45, 2.75) is 59.2 Å². The second-order valence-corrected chi connectivity index (χ2v) is 12.1. The summed E-state index contributed by atoms with van der Waals surface area (Å²) in [6.07, 6.45) is 1.86. The van der Waals surface area contributed by atoms with Gasteiger partial charge in [0.15, 0.2) is 0 Å². The van der Waals surface area contributed by atoms with E-state index in [2.05, 4.69) is 50.8 Å². The average Bonchev–Trinajstić information content (AvgIpc) is 3.16. The van der Waals surface area contributed by atoms with Crippen LogP contribution in [0.1, 0.15) is 62.0 Å². The minimum Gasteiger partial charge on any atom is -0.489 e. The van der Waals surface area contributed by atoms with E-state index in [-0.39, 0.29) is 35.5 Å². The molecule has 0 spiro atoms. The van der Waals surface area contributed by atoms with Crippen LogP contribution in [0.25, 0.3) is 0 Å². The monoisotopic (exact) mass is 507 g/mol. The fourth-order valence-corrected chi connectivity index (χ4v) is 7.33. The second kappa shape index (κ2) is 8.97. The highest BCUT2D eigenvalue weighted by Gasteiger charge is 2.67. The highest BCUT2D eigenvalue weighted by molar-refractivity contribution is 6.31. The van der Waals surface area contributed by atoms with Gasteiger partial charge in [-0.15, -0.1) is 0 Å². The third kappa shape index (κ3) is 3.93. The lowest BCUT2D eigenvalue weighted by Gasteiger charge is -2.65. The molecule has 1 amide bonds. The first-order chi connectivity index (χ1) is 17.1. The van der Waals surface area contributed by atoms with E-state index in [1.165, 1.54) is 0 Å². The van der Waals surface area contributed by atoms with Gasteiger partial charge < -0.3 is 19.6 Å². The highest BCUT2D eigenvalue weighted by Crippen LogP contribution is 2.59. The van der Waals surface area contributed by atoms with Crippen LogP contribution >= 0.6 is 11.6 Å². The van der Waals surface area contributed by atoms with Crippen molar-refractivity contribution in [2.24, 2.45) is 16.7 Å². The van der Waals surface area contributed by atoms with E-state index < -0.39 is 0 Å². The number of benzene rings is 2. The number of carbonyl (C=O) groups is 1. The number of anilines is 1. The van der Waals surface area contributed by atoms with Crippen molar-refractivity contribution < 1.29 is 14.6 Å². The van der Waals surface area contributed by atoms with Gasteiger partial charge in [0, 0.05) is 60.4 Å². The van der Waals surface area contributed by atoms with Crippen LogP contribution in [0.4, 0.5) is 5.69 Å². The number of carbonyl (C=O) groups excluding carboxylic acids is 1. The van der Waals surface area contributed by atoms with Crippen molar-refractivity contribution >= 4 is 23.2 Å². The van der Waals surface area contributed by atoms with Crippen molar-refractivity contribution in [2.75, 3.05) is 24.6 Å². The van der Waals surface area contributed by atoms with Crippen molar-refractivity contribution in [3.8, 4) is 11.8 Å². The molecule has 6 nitrogen and oxygen atoms in total. The van der Waals surface area contributed by atoms with Crippen LogP contribution in [0.3, 0.4) is 0 Å². The van der Waals surface area contributed by atoms with Crippen LogP contribution in [-0.4, -0.2) is 47.8 Å². The minimum atomic E-state index is -0.281. The molecule has 0 unspecified atom stereocenters. The summed E-state index contributed by atoms with van der Waals surface area (Å²) in [5.41, 5.74) is 2.89. The number of piperidine rings is 1. The average molecular weight is 508 g/mol. The Morgan fingerprint density at radius 2 is 1.81 bits per heavy atom. The zero-order chi connectivity index (χ0) is 25.8. The first-order valence-electron chi connectivity index (χ1n) is 12.7. The molecule has 5 rings (SSSR count). The minimum absolute atomic E-state index is 0.00695. The van der Waals surface area contributed by atoms with Gasteiger partial charge in [-0.05, 0) is 54.7 Å². The number of rotatable bonds is 5. The van der Waals surface area contributed by atoms with E-state index in [1.807, 2.05) is 11.0 Å². The number of amides is 1. The number of hydrogen-bond donors (Lipinski definition) is 1. The molecule has 0 atom stereocenters. The van der Waals surface area contributed by atoms with E-state index in [9.17, 15) is 9.90 Å². The van der Waals surface area contributed by atoms with Gasteiger partial charge >= 0.3 is 0 Å². The molecule has 2 aromatic carbocycles. The maximum Gasteiger partial charge on any atom is 0.254 e. The number of nitrogens with zero attached hydrogens (tertiary/aromatic N) is 3. The molecule has 0 bridgehead atoms. The summed E-state index contributed by atoms with van der Waals surface area (Å²) in [5.74, 6) is 1.11. The topological polar surface area (TPSA) is 76.8 Å². The number of aliphatic hydroxyl groups is 1. The van der Waals surface area contributed by atoms with Gasteiger partial charge in [-0.2, -0.15) is 5.26 Å². The molecule has 190 valence electrons. The Bertz CT molecular complexity index is 1210. The van der Waals surface area contributed by atoms with Crippen molar-refractivity contribution in [1.29, 1.82) is 5.26 Å². The van der Waals surface area contributed by atoms with E-state index in [0.717, 1.165) is 42.7 Å². The third-order valence-corrected chi connectivity index (χ3v) is 8.86. The lowest BCUT2D eigenvalue weighted by molar-refractivity contribution is -0.199. The fraction of sp³-hybridized carbons (Fsp3) is 0.517. The van der Waals surface area contributed by atoms with Crippen LogP contribution in [0, 0.1) is 28.1 Å². The van der Waals surface area contributed by atoms with Gasteiger partial charge in [0.1, 0.15) is 17.9 Å². The highest BCUT2D eigenvalue weighted by atomic mass is 35.5. The number of nitriles is 1. The van der Waals surface area contributed by atoms with Crippen LogP contribution in [-0.2, 0) is 6.54 Å². The van der Waals surface area contributed by atoms with E-state index in [4.69, 9.17) is 21.6 Å². The number of aliphatic hydroxyl groups excluding tert-OH is 1. The molecule has 2 aromatic rings. The first-order valence-corrected chi connectivity index (χ1v) is 13.1. The summed E-state index contributed by atoms with van der Waals surface area (Å²) in [6, 6.07) is 13.5. The SMILES string of the molecule is CC1(C)[C@H](Oc2ccc(C#N)c(Cl)c2)C(C)(C)[C@H]1N1Cc2cc(N3CCC(CO)CC3)ccc2C1=O. The van der Waals surface area contributed by atoms with Gasteiger partial charge in [-0.3, -0.25) is 4.79 Å². The van der Waals surface area contributed by atoms with Crippen molar-refractivity contribution in [3.05, 3.63) is 58.1 Å². The van der Waals surface area contributed by atoms with Gasteiger partial charge in [0.2, 0.25) is 0 Å². The van der Waals surface area contributed by atoms with Gasteiger partial charge in [0.05, 0.1) is 10.6 Å². The van der Waals surface area contributed by atoms with E-state index in [0.29, 0.717) is 28.8 Å². The maximum atomic E-state index is 13.6. The molecule has 7 heteroatoms. The van der Waals surface area contributed by atoms with Gasteiger partial charge in [0.25, 0.3) is 5.91 Å². The molecule has 2 aliphatic heterocycles. The third-order valence-electron chi connectivity index (χ3n) is 8.55. The lowest BCUT2D eigenvalue weighted by atomic mass is 9.49. The Balaban J connectivity index is 1.33. The van der Waals surface area contributed by atoms with Crippen LogP contribution in [0.5, 0.6) is 5.75 Å². The Labute approximate surface area is 218 Å². The number of halogens is 1. The number of fused-ring (bicyclic) bond motifs is 1. The summed E-state index contributed by atoms with van der Waals surface area (Å²) in [6.45, 7) is 11.4. The molecule has 0 radical (unpaired) electrons. The molecular formula is C29H34ClN3O3. The fourth-order valence-electron chi connectivity index (χ4n) is 7.12. The summed E-state index contributed by atoms with van der Waals surface area (Å²) in [5, 5.41) is 19.0. The largest absolute Gasteiger partial charge is 0.489 e. The molecule has 1 saturated carbocycles. The molecule has 2 heterocycles.